The Balaban J connectivity index is 1.56. The van der Waals surface area contributed by atoms with Crippen molar-refractivity contribution in [3.05, 3.63) is 42.2 Å². The van der Waals surface area contributed by atoms with E-state index in [2.05, 4.69) is 25.7 Å². The van der Waals surface area contributed by atoms with Crippen LogP contribution in [0.4, 0.5) is 5.82 Å². The summed E-state index contributed by atoms with van der Waals surface area (Å²) >= 11 is 1.25. The summed E-state index contributed by atoms with van der Waals surface area (Å²) in [5, 5.41) is 13.8. The largest absolute Gasteiger partial charge is 0.360 e. The van der Waals surface area contributed by atoms with Crippen molar-refractivity contribution in [2.75, 3.05) is 11.1 Å². The Morgan fingerprint density at radius 3 is 2.91 bits per heavy atom. The van der Waals surface area contributed by atoms with Gasteiger partial charge in [0.1, 0.15) is 5.76 Å². The lowest BCUT2D eigenvalue weighted by Crippen LogP contribution is -2.14. The summed E-state index contributed by atoms with van der Waals surface area (Å²) in [6, 6.07) is 11.3. The van der Waals surface area contributed by atoms with Gasteiger partial charge < -0.3 is 9.84 Å². The van der Waals surface area contributed by atoms with E-state index in [0.717, 1.165) is 5.56 Å². The standard InChI is InChI=1S/C14H13N5O2S/c1-9-7-11(19-21-9)15-12(20)8-22-14-16-13(17-18-14)10-5-3-2-4-6-10/h2-7H,8H2,1H3,(H,15,19,20)(H,16,17,18). The van der Waals surface area contributed by atoms with Gasteiger partial charge in [-0.15, -0.1) is 5.10 Å². The Bertz CT molecular complexity index is 768. The van der Waals surface area contributed by atoms with Gasteiger partial charge in [0.05, 0.1) is 5.75 Å². The molecule has 112 valence electrons. The molecule has 2 heterocycles. The third kappa shape index (κ3) is 3.53. The van der Waals surface area contributed by atoms with Crippen LogP contribution >= 0.6 is 11.8 Å². The van der Waals surface area contributed by atoms with Gasteiger partial charge in [0, 0.05) is 11.6 Å². The third-order valence-corrected chi connectivity index (χ3v) is 3.59. The Labute approximate surface area is 130 Å². The number of amides is 1. The highest BCUT2D eigenvalue weighted by atomic mass is 32.2. The van der Waals surface area contributed by atoms with Crippen LogP contribution in [0.2, 0.25) is 0 Å². The number of aromatic nitrogens is 4. The van der Waals surface area contributed by atoms with E-state index in [1.807, 2.05) is 30.3 Å². The first-order valence-corrected chi connectivity index (χ1v) is 7.53. The van der Waals surface area contributed by atoms with E-state index in [1.165, 1.54) is 11.8 Å². The number of H-pyrrole nitrogens is 1. The van der Waals surface area contributed by atoms with E-state index in [4.69, 9.17) is 4.52 Å². The van der Waals surface area contributed by atoms with Gasteiger partial charge in [0.15, 0.2) is 11.6 Å². The number of hydrogen-bond acceptors (Lipinski definition) is 6. The fourth-order valence-corrected chi connectivity index (χ4v) is 2.37. The van der Waals surface area contributed by atoms with Crippen molar-refractivity contribution in [3.63, 3.8) is 0 Å². The molecule has 0 radical (unpaired) electrons. The Morgan fingerprint density at radius 1 is 1.36 bits per heavy atom. The van der Waals surface area contributed by atoms with Crippen molar-refractivity contribution in [2.45, 2.75) is 12.1 Å². The summed E-state index contributed by atoms with van der Waals surface area (Å²) < 4.78 is 4.88. The van der Waals surface area contributed by atoms with Crippen molar-refractivity contribution in [2.24, 2.45) is 0 Å². The molecule has 0 aliphatic rings. The number of thioether (sulfide) groups is 1. The molecule has 0 aliphatic carbocycles. The highest BCUT2D eigenvalue weighted by molar-refractivity contribution is 7.99. The topological polar surface area (TPSA) is 96.7 Å². The lowest BCUT2D eigenvalue weighted by molar-refractivity contribution is -0.113. The number of aromatic amines is 1. The SMILES string of the molecule is Cc1cc(NC(=O)CSc2n[nH]c(-c3ccccc3)n2)no1. The van der Waals surface area contributed by atoms with E-state index in [0.29, 0.717) is 22.6 Å². The van der Waals surface area contributed by atoms with Gasteiger partial charge >= 0.3 is 0 Å². The van der Waals surface area contributed by atoms with Crippen LogP contribution in [0.25, 0.3) is 11.4 Å². The number of rotatable bonds is 5. The molecular weight excluding hydrogens is 302 g/mol. The molecule has 8 heteroatoms. The fourth-order valence-electron chi connectivity index (χ4n) is 1.77. The molecule has 0 saturated carbocycles. The second-order valence-corrected chi connectivity index (χ2v) is 5.43. The van der Waals surface area contributed by atoms with Crippen molar-refractivity contribution in [1.82, 2.24) is 20.3 Å². The number of aryl methyl sites for hydroxylation is 1. The summed E-state index contributed by atoms with van der Waals surface area (Å²) in [6.45, 7) is 1.76. The summed E-state index contributed by atoms with van der Waals surface area (Å²) in [5.74, 6) is 1.73. The summed E-state index contributed by atoms with van der Waals surface area (Å²) in [5.41, 5.74) is 0.948. The highest BCUT2D eigenvalue weighted by Gasteiger charge is 2.10. The number of carbonyl (C=O) groups excluding carboxylic acids is 1. The number of anilines is 1. The molecule has 0 aliphatic heterocycles. The molecule has 22 heavy (non-hydrogen) atoms. The quantitative estimate of drug-likeness (QED) is 0.702. The molecule has 0 unspecified atom stereocenters. The van der Waals surface area contributed by atoms with Crippen LogP contribution in [-0.4, -0.2) is 32.0 Å². The molecule has 0 saturated heterocycles. The maximum atomic E-state index is 11.8. The number of benzene rings is 1. The van der Waals surface area contributed by atoms with E-state index in [1.54, 1.807) is 13.0 Å². The molecule has 2 aromatic heterocycles. The van der Waals surface area contributed by atoms with Gasteiger partial charge in [-0.2, -0.15) is 0 Å². The Hall–Kier alpha value is -2.61. The minimum Gasteiger partial charge on any atom is -0.360 e. The minimum absolute atomic E-state index is 0.190. The molecule has 0 spiro atoms. The van der Waals surface area contributed by atoms with Gasteiger partial charge in [-0.3, -0.25) is 9.89 Å². The average Bonchev–Trinajstić information content (AvgIpc) is 3.15. The van der Waals surface area contributed by atoms with Gasteiger partial charge in [-0.05, 0) is 6.92 Å². The van der Waals surface area contributed by atoms with Crippen molar-refractivity contribution in [3.8, 4) is 11.4 Å². The summed E-state index contributed by atoms with van der Waals surface area (Å²) in [6.07, 6.45) is 0. The summed E-state index contributed by atoms with van der Waals surface area (Å²) in [7, 11) is 0. The van der Waals surface area contributed by atoms with E-state index in [-0.39, 0.29) is 11.7 Å². The average molecular weight is 315 g/mol. The zero-order valence-corrected chi connectivity index (χ0v) is 12.6. The zero-order valence-electron chi connectivity index (χ0n) is 11.7. The minimum atomic E-state index is -0.190. The van der Waals surface area contributed by atoms with Gasteiger partial charge in [0.2, 0.25) is 11.1 Å². The van der Waals surface area contributed by atoms with Gasteiger partial charge in [0.25, 0.3) is 0 Å². The third-order valence-electron chi connectivity index (χ3n) is 2.74. The monoisotopic (exact) mass is 315 g/mol. The molecular formula is C14H13N5O2S. The first-order chi connectivity index (χ1) is 10.7. The van der Waals surface area contributed by atoms with E-state index in [9.17, 15) is 4.79 Å². The maximum absolute atomic E-state index is 11.8. The molecule has 0 fully saturated rings. The lowest BCUT2D eigenvalue weighted by atomic mass is 10.2. The molecule has 7 nitrogen and oxygen atoms in total. The second kappa shape index (κ2) is 6.44. The van der Waals surface area contributed by atoms with Crippen molar-refractivity contribution >= 4 is 23.5 Å². The lowest BCUT2D eigenvalue weighted by Gasteiger charge is -1.98. The summed E-state index contributed by atoms with van der Waals surface area (Å²) in [4.78, 5) is 16.1. The van der Waals surface area contributed by atoms with Gasteiger partial charge in [-0.25, -0.2) is 4.98 Å². The number of nitrogens with zero attached hydrogens (tertiary/aromatic N) is 3. The maximum Gasteiger partial charge on any atom is 0.236 e. The number of hydrogen-bond donors (Lipinski definition) is 2. The predicted molar refractivity (Wildman–Crippen MR) is 82.4 cm³/mol. The normalized spacial score (nSPS) is 10.6. The van der Waals surface area contributed by atoms with Crippen LogP contribution in [0, 0.1) is 6.92 Å². The predicted octanol–water partition coefficient (Wildman–Crippen LogP) is 2.50. The fraction of sp³-hybridized carbons (Fsp3) is 0.143. The molecule has 1 amide bonds. The molecule has 0 bridgehead atoms. The second-order valence-electron chi connectivity index (χ2n) is 4.49. The molecule has 3 rings (SSSR count). The first-order valence-electron chi connectivity index (χ1n) is 6.54. The van der Waals surface area contributed by atoms with Crippen LogP contribution < -0.4 is 5.32 Å². The Morgan fingerprint density at radius 2 is 2.18 bits per heavy atom. The van der Waals surface area contributed by atoms with Crippen LogP contribution in [-0.2, 0) is 4.79 Å². The molecule has 1 aromatic carbocycles. The van der Waals surface area contributed by atoms with Crippen LogP contribution in [0.1, 0.15) is 5.76 Å². The number of carbonyl (C=O) groups is 1. The van der Waals surface area contributed by atoms with E-state index < -0.39 is 0 Å². The molecule has 3 aromatic rings. The van der Waals surface area contributed by atoms with Crippen LogP contribution in [0.5, 0.6) is 0 Å². The zero-order chi connectivity index (χ0) is 15.4. The first kappa shape index (κ1) is 14.3. The van der Waals surface area contributed by atoms with Crippen molar-refractivity contribution < 1.29 is 9.32 Å². The highest BCUT2D eigenvalue weighted by Crippen LogP contribution is 2.19. The molecule has 2 N–H and O–H groups in total. The molecule has 0 atom stereocenters. The van der Waals surface area contributed by atoms with Crippen molar-refractivity contribution in [1.29, 1.82) is 0 Å². The van der Waals surface area contributed by atoms with Crippen LogP contribution in [0.15, 0.2) is 46.1 Å². The van der Waals surface area contributed by atoms with E-state index >= 15 is 0 Å². The smallest absolute Gasteiger partial charge is 0.236 e. The number of nitrogens with one attached hydrogen (secondary N) is 2. The Kier molecular flexibility index (Phi) is 4.19. The van der Waals surface area contributed by atoms with Gasteiger partial charge in [-0.1, -0.05) is 47.3 Å². The van der Waals surface area contributed by atoms with Crippen LogP contribution in [0.3, 0.4) is 0 Å².